The number of nitrogens with one attached hydrogen (secondary N) is 1. The quantitative estimate of drug-likeness (QED) is 0.818. The fraction of sp³-hybridized carbons (Fsp3) is 0.308. The summed E-state index contributed by atoms with van der Waals surface area (Å²) in [6.07, 6.45) is 0.834. The van der Waals surface area contributed by atoms with Gasteiger partial charge in [0.2, 0.25) is 0 Å². The van der Waals surface area contributed by atoms with Crippen molar-refractivity contribution in [3.63, 3.8) is 0 Å². The van der Waals surface area contributed by atoms with Crippen molar-refractivity contribution in [3.05, 3.63) is 45.7 Å². The van der Waals surface area contributed by atoms with E-state index < -0.39 is 5.82 Å². The first-order chi connectivity index (χ1) is 8.66. The molecule has 0 fully saturated rings. The molecular weight excluding hydrogens is 251 g/mol. The highest BCUT2D eigenvalue weighted by molar-refractivity contribution is 7.09. The Morgan fingerprint density at radius 3 is 3.00 bits per heavy atom. The maximum atomic E-state index is 13.1. The van der Waals surface area contributed by atoms with Gasteiger partial charge in [0.05, 0.1) is 10.7 Å². The number of para-hydroxylation sites is 1. The molecule has 18 heavy (non-hydrogen) atoms. The van der Waals surface area contributed by atoms with Crippen LogP contribution in [0.3, 0.4) is 0 Å². The minimum Gasteiger partial charge on any atom is -0.505 e. The molecule has 1 heterocycles. The lowest BCUT2D eigenvalue weighted by atomic mass is 10.2. The molecule has 96 valence electrons. The molecule has 0 atom stereocenters. The normalized spacial score (nSPS) is 10.8. The van der Waals surface area contributed by atoms with E-state index in [-0.39, 0.29) is 5.75 Å². The van der Waals surface area contributed by atoms with Crippen LogP contribution in [-0.4, -0.2) is 16.6 Å². The van der Waals surface area contributed by atoms with Crippen LogP contribution in [0.4, 0.5) is 4.39 Å². The molecule has 2 rings (SSSR count). The van der Waals surface area contributed by atoms with Gasteiger partial charge in [-0.1, -0.05) is 12.1 Å². The predicted octanol–water partition coefficient (Wildman–Crippen LogP) is 2.63. The zero-order valence-electron chi connectivity index (χ0n) is 10.1. The summed E-state index contributed by atoms with van der Waals surface area (Å²) in [5.41, 5.74) is 1.64. The topological polar surface area (TPSA) is 45.2 Å². The first kappa shape index (κ1) is 13.0. The van der Waals surface area contributed by atoms with E-state index in [0.29, 0.717) is 12.1 Å². The maximum Gasteiger partial charge on any atom is 0.165 e. The van der Waals surface area contributed by atoms with E-state index in [1.165, 1.54) is 6.07 Å². The molecule has 5 heteroatoms. The van der Waals surface area contributed by atoms with Gasteiger partial charge in [-0.3, -0.25) is 0 Å². The molecule has 0 spiro atoms. The number of rotatable bonds is 5. The number of halogens is 1. The number of phenolic OH excluding ortho intramolecular Hbond substituents is 1. The number of thiazole rings is 1. The van der Waals surface area contributed by atoms with Gasteiger partial charge >= 0.3 is 0 Å². The SMILES string of the molecule is Cc1nc(CCNCc2cccc(F)c2O)cs1. The van der Waals surface area contributed by atoms with E-state index in [9.17, 15) is 9.50 Å². The van der Waals surface area contributed by atoms with Gasteiger partial charge in [-0.2, -0.15) is 0 Å². The summed E-state index contributed by atoms with van der Waals surface area (Å²) in [5, 5.41) is 15.8. The Balaban J connectivity index is 1.80. The monoisotopic (exact) mass is 266 g/mol. The summed E-state index contributed by atoms with van der Waals surface area (Å²) < 4.78 is 13.1. The summed E-state index contributed by atoms with van der Waals surface area (Å²) in [6, 6.07) is 4.55. The molecule has 1 aromatic carbocycles. The standard InChI is InChI=1S/C13H15FN2OS/c1-9-16-11(8-18-9)5-6-15-7-10-3-2-4-12(14)13(10)17/h2-4,8,15,17H,5-7H2,1H3. The molecule has 0 aliphatic rings. The minimum absolute atomic E-state index is 0.269. The highest BCUT2D eigenvalue weighted by Crippen LogP contribution is 2.20. The second-order valence-corrected chi connectivity index (χ2v) is 5.09. The van der Waals surface area contributed by atoms with E-state index >= 15 is 0 Å². The van der Waals surface area contributed by atoms with Crippen molar-refractivity contribution < 1.29 is 9.50 Å². The number of phenols is 1. The molecule has 0 saturated heterocycles. The zero-order valence-corrected chi connectivity index (χ0v) is 10.9. The van der Waals surface area contributed by atoms with Crippen molar-refractivity contribution in [1.29, 1.82) is 0 Å². The number of benzene rings is 1. The number of aromatic nitrogens is 1. The molecular formula is C13H15FN2OS. The minimum atomic E-state index is -0.579. The summed E-state index contributed by atoms with van der Waals surface area (Å²) >= 11 is 1.63. The third-order valence-corrected chi connectivity index (χ3v) is 3.43. The highest BCUT2D eigenvalue weighted by Gasteiger charge is 2.05. The van der Waals surface area contributed by atoms with Gasteiger partial charge in [0, 0.05) is 30.5 Å². The molecule has 0 amide bonds. The average molecular weight is 266 g/mol. The first-order valence-corrected chi connectivity index (χ1v) is 6.63. The maximum absolute atomic E-state index is 13.1. The predicted molar refractivity (Wildman–Crippen MR) is 70.3 cm³/mol. The Morgan fingerprint density at radius 1 is 1.44 bits per heavy atom. The number of nitrogens with zero attached hydrogens (tertiary/aromatic N) is 1. The number of hydrogen-bond donors (Lipinski definition) is 2. The average Bonchev–Trinajstić information content (AvgIpc) is 2.76. The molecule has 2 aromatic rings. The van der Waals surface area contributed by atoms with Crippen molar-refractivity contribution in [3.8, 4) is 5.75 Å². The largest absolute Gasteiger partial charge is 0.505 e. The zero-order chi connectivity index (χ0) is 13.0. The fourth-order valence-electron chi connectivity index (χ4n) is 1.67. The van der Waals surface area contributed by atoms with Crippen LogP contribution in [0.15, 0.2) is 23.6 Å². The molecule has 2 N–H and O–H groups in total. The lowest BCUT2D eigenvalue weighted by Gasteiger charge is -2.06. The number of aromatic hydroxyl groups is 1. The van der Waals surface area contributed by atoms with Crippen molar-refractivity contribution in [2.45, 2.75) is 19.9 Å². The Bertz CT molecular complexity index is 527. The van der Waals surface area contributed by atoms with Crippen molar-refractivity contribution in [2.24, 2.45) is 0 Å². The van der Waals surface area contributed by atoms with Gasteiger partial charge in [-0.25, -0.2) is 9.37 Å². The first-order valence-electron chi connectivity index (χ1n) is 5.75. The summed E-state index contributed by atoms with van der Waals surface area (Å²) in [4.78, 5) is 4.36. The van der Waals surface area contributed by atoms with E-state index in [0.717, 1.165) is 23.7 Å². The van der Waals surface area contributed by atoms with Crippen LogP contribution in [0.25, 0.3) is 0 Å². The molecule has 0 unspecified atom stereocenters. The van der Waals surface area contributed by atoms with Crippen LogP contribution < -0.4 is 5.32 Å². The Kier molecular flexibility index (Phi) is 4.28. The van der Waals surface area contributed by atoms with E-state index in [4.69, 9.17) is 0 Å². The van der Waals surface area contributed by atoms with Crippen molar-refractivity contribution in [1.82, 2.24) is 10.3 Å². The molecule has 1 aromatic heterocycles. The molecule has 0 aliphatic heterocycles. The Hall–Kier alpha value is -1.46. The van der Waals surface area contributed by atoms with Gasteiger partial charge in [0.1, 0.15) is 0 Å². The lowest BCUT2D eigenvalue weighted by Crippen LogP contribution is -2.17. The fourth-order valence-corrected chi connectivity index (χ4v) is 2.31. The summed E-state index contributed by atoms with van der Waals surface area (Å²) in [7, 11) is 0. The molecule has 0 radical (unpaired) electrons. The van der Waals surface area contributed by atoms with Crippen LogP contribution in [0, 0.1) is 12.7 Å². The van der Waals surface area contributed by atoms with Crippen LogP contribution in [0.1, 0.15) is 16.3 Å². The van der Waals surface area contributed by atoms with Gasteiger partial charge in [0.25, 0.3) is 0 Å². The smallest absolute Gasteiger partial charge is 0.165 e. The number of hydrogen-bond acceptors (Lipinski definition) is 4. The molecule has 0 saturated carbocycles. The third kappa shape index (κ3) is 3.27. The molecule has 3 nitrogen and oxygen atoms in total. The van der Waals surface area contributed by atoms with Crippen molar-refractivity contribution >= 4 is 11.3 Å². The molecule has 0 bridgehead atoms. The summed E-state index contributed by atoms with van der Waals surface area (Å²) in [5.74, 6) is -0.848. The number of aryl methyl sites for hydroxylation is 1. The van der Waals surface area contributed by atoms with E-state index in [2.05, 4.69) is 10.3 Å². The second-order valence-electron chi connectivity index (χ2n) is 4.03. The van der Waals surface area contributed by atoms with Gasteiger partial charge in [-0.15, -0.1) is 11.3 Å². The lowest BCUT2D eigenvalue weighted by molar-refractivity contribution is 0.423. The van der Waals surface area contributed by atoms with Gasteiger partial charge in [0.15, 0.2) is 11.6 Å². The summed E-state index contributed by atoms with van der Waals surface area (Å²) in [6.45, 7) is 3.18. The third-order valence-electron chi connectivity index (χ3n) is 2.61. The van der Waals surface area contributed by atoms with Gasteiger partial charge < -0.3 is 10.4 Å². The Morgan fingerprint density at radius 2 is 2.28 bits per heavy atom. The van der Waals surface area contributed by atoms with E-state index in [1.807, 2.05) is 12.3 Å². The van der Waals surface area contributed by atoms with Crippen molar-refractivity contribution in [2.75, 3.05) is 6.54 Å². The van der Waals surface area contributed by atoms with Gasteiger partial charge in [-0.05, 0) is 13.0 Å². The Labute approximate surface area is 109 Å². The molecule has 0 aliphatic carbocycles. The van der Waals surface area contributed by atoms with Crippen LogP contribution in [0.2, 0.25) is 0 Å². The van der Waals surface area contributed by atoms with E-state index in [1.54, 1.807) is 23.5 Å². The second kappa shape index (κ2) is 5.93. The van der Waals surface area contributed by atoms with Crippen LogP contribution in [-0.2, 0) is 13.0 Å². The van der Waals surface area contributed by atoms with Crippen LogP contribution in [0.5, 0.6) is 5.75 Å². The van der Waals surface area contributed by atoms with Crippen LogP contribution >= 0.6 is 11.3 Å². The highest BCUT2D eigenvalue weighted by atomic mass is 32.1.